The van der Waals surface area contributed by atoms with Gasteiger partial charge in [-0.3, -0.25) is 0 Å². The van der Waals surface area contributed by atoms with E-state index >= 15 is 0 Å². The molecule has 4 nitrogen and oxygen atoms in total. The molecule has 0 aromatic carbocycles. The molecule has 5 heteroatoms. The summed E-state index contributed by atoms with van der Waals surface area (Å²) in [5, 5.41) is 0. The van der Waals surface area contributed by atoms with E-state index in [2.05, 4.69) is 0 Å². The predicted molar refractivity (Wildman–Crippen MR) is 70.7 cm³/mol. The first-order valence-corrected chi connectivity index (χ1v) is 8.29. The number of nitrogens with zero attached hydrogens (tertiary/aromatic N) is 1. The summed E-state index contributed by atoms with van der Waals surface area (Å²) >= 11 is 0. The van der Waals surface area contributed by atoms with Crippen molar-refractivity contribution in [1.29, 1.82) is 0 Å². The number of furan rings is 1. The van der Waals surface area contributed by atoms with Gasteiger partial charge in [0.1, 0.15) is 5.76 Å². The quantitative estimate of drug-likeness (QED) is 0.846. The van der Waals surface area contributed by atoms with Crippen LogP contribution in [-0.4, -0.2) is 25.0 Å². The number of rotatable bonds is 4. The van der Waals surface area contributed by atoms with Crippen LogP contribution in [0.3, 0.4) is 0 Å². The lowest BCUT2D eigenvalue weighted by atomic mass is 10.1. The van der Waals surface area contributed by atoms with Crippen LogP contribution in [0.4, 0.5) is 0 Å². The molecule has 18 heavy (non-hydrogen) atoms. The minimum atomic E-state index is -3.16. The summed E-state index contributed by atoms with van der Waals surface area (Å²) in [5.74, 6) is 1.00. The Morgan fingerprint density at radius 3 is 2.89 bits per heavy atom. The van der Waals surface area contributed by atoms with Gasteiger partial charge in [0.2, 0.25) is 10.0 Å². The largest absolute Gasteiger partial charge is 0.468 e. The van der Waals surface area contributed by atoms with E-state index in [4.69, 9.17) is 4.42 Å². The first kappa shape index (κ1) is 13.6. The molecule has 1 aromatic rings. The van der Waals surface area contributed by atoms with Crippen LogP contribution in [0.15, 0.2) is 22.8 Å². The third-order valence-corrected chi connectivity index (χ3v) is 5.47. The molecule has 0 radical (unpaired) electrons. The molecule has 1 aliphatic heterocycles. The SMILES string of the molecule is CCCS(=O)(=O)N1CCCCC[C@@H]1c1ccco1. The van der Waals surface area contributed by atoms with Gasteiger partial charge >= 0.3 is 0 Å². The Kier molecular flexibility index (Phi) is 4.45. The molecule has 0 saturated carbocycles. The number of hydrogen-bond donors (Lipinski definition) is 0. The van der Waals surface area contributed by atoms with Gasteiger partial charge in [-0.2, -0.15) is 4.31 Å². The molecule has 102 valence electrons. The molecule has 2 rings (SSSR count). The second kappa shape index (κ2) is 5.89. The maximum absolute atomic E-state index is 12.3. The van der Waals surface area contributed by atoms with Crippen molar-refractivity contribution in [1.82, 2.24) is 4.31 Å². The standard InChI is InChI=1S/C13H21NO3S/c1-2-11-18(15,16)14-9-5-3-4-7-12(14)13-8-6-10-17-13/h6,8,10,12H,2-5,7,9,11H2,1H3/t12-/m1/s1. The molecule has 0 amide bonds. The number of sulfonamides is 1. The molecule has 0 spiro atoms. The zero-order chi connectivity index (χ0) is 13.0. The molecule has 1 aromatic heterocycles. The molecule has 1 fully saturated rings. The summed E-state index contributed by atoms with van der Waals surface area (Å²) < 4.78 is 31.7. The van der Waals surface area contributed by atoms with Crippen LogP contribution >= 0.6 is 0 Å². The van der Waals surface area contributed by atoms with Gasteiger partial charge in [0.05, 0.1) is 18.1 Å². The average molecular weight is 271 g/mol. The lowest BCUT2D eigenvalue weighted by molar-refractivity contribution is 0.285. The van der Waals surface area contributed by atoms with Gasteiger partial charge in [0, 0.05) is 6.54 Å². The maximum atomic E-state index is 12.3. The summed E-state index contributed by atoms with van der Waals surface area (Å²) in [7, 11) is -3.16. The fraction of sp³-hybridized carbons (Fsp3) is 0.692. The molecule has 0 N–H and O–H groups in total. The zero-order valence-corrected chi connectivity index (χ0v) is 11.7. The molecule has 1 saturated heterocycles. The summed E-state index contributed by atoms with van der Waals surface area (Å²) in [6, 6.07) is 3.59. The fourth-order valence-electron chi connectivity index (χ4n) is 2.56. The summed E-state index contributed by atoms with van der Waals surface area (Å²) in [4.78, 5) is 0. The third kappa shape index (κ3) is 2.95. The van der Waals surface area contributed by atoms with Crippen LogP contribution in [0.25, 0.3) is 0 Å². The van der Waals surface area contributed by atoms with Crippen molar-refractivity contribution in [2.75, 3.05) is 12.3 Å². The van der Waals surface area contributed by atoms with Gasteiger partial charge in [0.25, 0.3) is 0 Å². The molecular formula is C13H21NO3S. The van der Waals surface area contributed by atoms with Crippen molar-refractivity contribution in [3.8, 4) is 0 Å². The first-order chi connectivity index (χ1) is 8.65. The van der Waals surface area contributed by atoms with Crippen LogP contribution in [0.2, 0.25) is 0 Å². The Hall–Kier alpha value is -0.810. The second-order valence-electron chi connectivity index (χ2n) is 4.81. The lowest BCUT2D eigenvalue weighted by Gasteiger charge is -2.27. The van der Waals surface area contributed by atoms with E-state index < -0.39 is 10.0 Å². The molecule has 1 atom stereocenters. The minimum Gasteiger partial charge on any atom is -0.468 e. The van der Waals surface area contributed by atoms with Gasteiger partial charge in [0.15, 0.2) is 0 Å². The van der Waals surface area contributed by atoms with Crippen molar-refractivity contribution in [3.63, 3.8) is 0 Å². The van der Waals surface area contributed by atoms with Gasteiger partial charge in [-0.1, -0.05) is 19.8 Å². The highest BCUT2D eigenvalue weighted by atomic mass is 32.2. The normalized spacial score (nSPS) is 22.8. The topological polar surface area (TPSA) is 50.5 Å². The molecule has 1 aliphatic rings. The molecule has 2 heterocycles. The maximum Gasteiger partial charge on any atom is 0.214 e. The lowest BCUT2D eigenvalue weighted by Crippen LogP contribution is -2.36. The molecule has 0 bridgehead atoms. The van der Waals surface area contributed by atoms with Crippen LogP contribution in [-0.2, 0) is 10.0 Å². The Morgan fingerprint density at radius 1 is 1.39 bits per heavy atom. The van der Waals surface area contributed by atoms with Gasteiger partial charge in [-0.05, 0) is 31.4 Å². The summed E-state index contributed by atoms with van der Waals surface area (Å²) in [6.07, 6.45) is 6.23. The first-order valence-electron chi connectivity index (χ1n) is 6.68. The Labute approximate surface area is 109 Å². The van der Waals surface area contributed by atoms with Crippen molar-refractivity contribution in [3.05, 3.63) is 24.2 Å². The van der Waals surface area contributed by atoms with Crippen LogP contribution in [0, 0.1) is 0 Å². The van der Waals surface area contributed by atoms with Gasteiger partial charge in [-0.25, -0.2) is 8.42 Å². The highest BCUT2D eigenvalue weighted by Crippen LogP contribution is 2.32. The van der Waals surface area contributed by atoms with Crippen LogP contribution in [0.1, 0.15) is 50.8 Å². The van der Waals surface area contributed by atoms with E-state index in [1.165, 1.54) is 0 Å². The summed E-state index contributed by atoms with van der Waals surface area (Å²) in [5.41, 5.74) is 0. The highest BCUT2D eigenvalue weighted by Gasteiger charge is 2.32. The predicted octanol–water partition coefficient (Wildman–Crippen LogP) is 2.94. The monoisotopic (exact) mass is 271 g/mol. The Morgan fingerprint density at radius 2 is 2.22 bits per heavy atom. The summed E-state index contributed by atoms with van der Waals surface area (Å²) in [6.45, 7) is 2.52. The van der Waals surface area contributed by atoms with E-state index in [1.54, 1.807) is 10.6 Å². The Bertz CT molecular complexity index is 453. The second-order valence-corrected chi connectivity index (χ2v) is 6.85. The van der Waals surface area contributed by atoms with Crippen molar-refractivity contribution in [2.45, 2.75) is 45.1 Å². The fourth-order valence-corrected chi connectivity index (χ4v) is 4.31. The highest BCUT2D eigenvalue weighted by molar-refractivity contribution is 7.89. The van der Waals surface area contributed by atoms with Crippen molar-refractivity contribution < 1.29 is 12.8 Å². The number of hydrogen-bond acceptors (Lipinski definition) is 3. The van der Waals surface area contributed by atoms with Crippen molar-refractivity contribution in [2.24, 2.45) is 0 Å². The van der Waals surface area contributed by atoms with E-state index in [-0.39, 0.29) is 11.8 Å². The van der Waals surface area contributed by atoms with Crippen LogP contribution < -0.4 is 0 Å². The third-order valence-electron chi connectivity index (χ3n) is 3.39. The Balaban J connectivity index is 2.28. The van der Waals surface area contributed by atoms with Gasteiger partial charge < -0.3 is 4.42 Å². The molecule has 0 aliphatic carbocycles. The van der Waals surface area contributed by atoms with E-state index in [9.17, 15) is 8.42 Å². The van der Waals surface area contributed by atoms with Crippen molar-refractivity contribution >= 4 is 10.0 Å². The molecular weight excluding hydrogens is 250 g/mol. The smallest absolute Gasteiger partial charge is 0.214 e. The molecule has 0 unspecified atom stereocenters. The minimum absolute atomic E-state index is 0.112. The van der Waals surface area contributed by atoms with E-state index in [1.807, 2.05) is 19.1 Å². The average Bonchev–Trinajstić information content (AvgIpc) is 2.72. The van der Waals surface area contributed by atoms with E-state index in [0.29, 0.717) is 13.0 Å². The van der Waals surface area contributed by atoms with E-state index in [0.717, 1.165) is 31.4 Å². The van der Waals surface area contributed by atoms with Gasteiger partial charge in [-0.15, -0.1) is 0 Å². The zero-order valence-electron chi connectivity index (χ0n) is 10.8. The van der Waals surface area contributed by atoms with Crippen LogP contribution in [0.5, 0.6) is 0 Å².